The molecule has 15 heavy (non-hydrogen) atoms. The fraction of sp³-hybridized carbons (Fsp3) is 0. The van der Waals surface area contributed by atoms with E-state index in [0.717, 1.165) is 5.69 Å². The molecule has 0 atom stereocenters. The third-order valence-electron chi connectivity index (χ3n) is 1.01. The molecule has 2 N–H and O–H groups in total. The number of hydrogen-bond acceptors (Lipinski definition) is 4. The lowest BCUT2D eigenvalue weighted by Gasteiger charge is -1.84. The smallest absolute Gasteiger partial charge is 0.283 e. The average Bonchev–Trinajstić information content (AvgIpc) is 2.18. The zero-order valence-electron chi connectivity index (χ0n) is 7.48. The van der Waals surface area contributed by atoms with Crippen LogP contribution in [-0.4, -0.2) is 22.5 Å². The lowest BCUT2D eigenvalue weighted by Crippen LogP contribution is -1.96. The van der Waals surface area contributed by atoms with Crippen LogP contribution in [0.3, 0.4) is 0 Å². The first-order chi connectivity index (χ1) is 7.06. The van der Waals surface area contributed by atoms with Crippen LogP contribution in [0.2, 0.25) is 0 Å². The van der Waals surface area contributed by atoms with Gasteiger partial charge in [-0.2, -0.15) is 8.42 Å². The topological polar surface area (TPSA) is 96.7 Å². The molecule has 0 amide bonds. The van der Waals surface area contributed by atoms with E-state index in [4.69, 9.17) is 9.11 Å². The van der Waals surface area contributed by atoms with Gasteiger partial charge < -0.3 is 0 Å². The van der Waals surface area contributed by atoms with Gasteiger partial charge in [0.2, 0.25) is 0 Å². The van der Waals surface area contributed by atoms with E-state index in [9.17, 15) is 8.42 Å². The van der Waals surface area contributed by atoms with Crippen LogP contribution in [0.4, 0.5) is 0 Å². The number of aromatic nitrogens is 1. The first-order valence-electron chi connectivity index (χ1n) is 3.50. The Morgan fingerprint density at radius 1 is 1.33 bits per heavy atom. The minimum Gasteiger partial charge on any atom is -0.283 e. The molecule has 0 radical (unpaired) electrons. The maximum absolute atomic E-state index is 9.35. The predicted molar refractivity (Wildman–Crippen MR) is 57.0 cm³/mol. The van der Waals surface area contributed by atoms with Crippen molar-refractivity contribution in [2.75, 3.05) is 0 Å². The number of hydrogen-bond donors (Lipinski definition) is 2. The molecule has 0 aliphatic carbocycles. The standard InChI is InChI=1S/C7H7N.H2O5S2/c1-2-7-5-3-4-6-8-7;1-6(2)5-7(3)4/h2-6H,1H2;(H,1,2)(H,3,4). The zero-order chi connectivity index (χ0) is 11.7. The van der Waals surface area contributed by atoms with Crippen LogP contribution in [0.5, 0.6) is 0 Å². The van der Waals surface area contributed by atoms with Crippen molar-refractivity contribution in [3.63, 3.8) is 0 Å². The first kappa shape index (κ1) is 14.1. The Balaban J connectivity index is 0.000000265. The molecule has 0 aliphatic rings. The molecule has 1 aromatic heterocycles. The summed E-state index contributed by atoms with van der Waals surface area (Å²) in [6.07, 6.45) is 3.47. The molecule has 1 aromatic rings. The molecular formula is C7H9NO5S2. The Bertz CT molecular complexity index is 330. The third kappa shape index (κ3) is 9.38. The molecule has 1 rings (SSSR count). The highest BCUT2D eigenvalue weighted by atomic mass is 32.3. The van der Waals surface area contributed by atoms with Crippen LogP contribution < -0.4 is 0 Å². The van der Waals surface area contributed by atoms with Crippen molar-refractivity contribution < 1.29 is 21.2 Å². The average molecular weight is 251 g/mol. The van der Waals surface area contributed by atoms with Crippen molar-refractivity contribution in [3.8, 4) is 0 Å². The monoisotopic (exact) mass is 251 g/mol. The lowest BCUT2D eigenvalue weighted by molar-refractivity contribution is 0.427. The molecule has 6 nitrogen and oxygen atoms in total. The van der Waals surface area contributed by atoms with Crippen LogP contribution in [0, 0.1) is 0 Å². The number of rotatable bonds is 3. The molecule has 84 valence electrons. The largest absolute Gasteiger partial charge is 0.317 e. The van der Waals surface area contributed by atoms with Crippen molar-refractivity contribution >= 4 is 28.8 Å². The second kappa shape index (κ2) is 8.38. The highest BCUT2D eigenvalue weighted by Crippen LogP contribution is 1.91. The molecule has 0 fully saturated rings. The van der Waals surface area contributed by atoms with Gasteiger partial charge in [-0.1, -0.05) is 12.6 Å². The Kier molecular flexibility index (Phi) is 7.86. The van der Waals surface area contributed by atoms with Crippen molar-refractivity contribution in [1.82, 2.24) is 4.98 Å². The first-order valence-corrected chi connectivity index (χ1v) is 5.56. The van der Waals surface area contributed by atoms with Gasteiger partial charge in [-0.25, -0.2) is 0 Å². The van der Waals surface area contributed by atoms with Crippen LogP contribution in [0.15, 0.2) is 31.0 Å². The molecule has 0 aromatic carbocycles. The summed E-state index contributed by atoms with van der Waals surface area (Å²) in [5.41, 5.74) is 0.924. The quantitative estimate of drug-likeness (QED) is 0.778. The predicted octanol–water partition coefficient (Wildman–Crippen LogP) is 1.00. The molecule has 0 saturated heterocycles. The van der Waals surface area contributed by atoms with Crippen molar-refractivity contribution in [2.24, 2.45) is 0 Å². The molecule has 0 saturated carbocycles. The third-order valence-corrected chi connectivity index (χ3v) is 1.94. The summed E-state index contributed by atoms with van der Waals surface area (Å²) in [6, 6.07) is 5.73. The lowest BCUT2D eigenvalue weighted by atomic mass is 10.4. The van der Waals surface area contributed by atoms with Gasteiger partial charge in [-0.3, -0.25) is 14.1 Å². The Hall–Kier alpha value is -0.930. The summed E-state index contributed by atoms with van der Waals surface area (Å²) >= 11 is -5.29. The van der Waals surface area contributed by atoms with E-state index in [1.165, 1.54) is 0 Å². The fourth-order valence-electron chi connectivity index (χ4n) is 0.547. The summed E-state index contributed by atoms with van der Waals surface area (Å²) in [4.78, 5) is 3.98. The second-order valence-electron chi connectivity index (χ2n) is 1.96. The van der Waals surface area contributed by atoms with Gasteiger partial charge in [0.1, 0.15) is 0 Å². The Labute approximate surface area is 92.0 Å². The van der Waals surface area contributed by atoms with E-state index in [-0.39, 0.29) is 0 Å². The summed E-state index contributed by atoms with van der Waals surface area (Å²) in [7, 11) is 0. The van der Waals surface area contributed by atoms with Gasteiger partial charge in [-0.15, -0.1) is 3.63 Å². The highest BCUT2D eigenvalue weighted by Gasteiger charge is 1.96. The van der Waals surface area contributed by atoms with E-state index in [2.05, 4.69) is 15.2 Å². The van der Waals surface area contributed by atoms with Crippen LogP contribution >= 0.6 is 0 Å². The van der Waals surface area contributed by atoms with E-state index in [1.807, 2.05) is 18.2 Å². The maximum Gasteiger partial charge on any atom is 0.317 e. The van der Waals surface area contributed by atoms with Gasteiger partial charge in [0.15, 0.2) is 0 Å². The van der Waals surface area contributed by atoms with Crippen molar-refractivity contribution in [2.45, 2.75) is 0 Å². The van der Waals surface area contributed by atoms with E-state index >= 15 is 0 Å². The minimum absolute atomic E-state index is 0.924. The molecular weight excluding hydrogens is 242 g/mol. The summed E-state index contributed by atoms with van der Waals surface area (Å²) in [6.45, 7) is 3.57. The highest BCUT2D eigenvalue weighted by molar-refractivity contribution is 7.87. The fourth-order valence-corrected chi connectivity index (χ4v) is 0.945. The van der Waals surface area contributed by atoms with E-state index in [1.54, 1.807) is 12.3 Å². The zero-order valence-corrected chi connectivity index (χ0v) is 9.11. The molecule has 0 spiro atoms. The van der Waals surface area contributed by atoms with Gasteiger partial charge in [-0.05, 0) is 18.2 Å². The molecule has 8 heteroatoms. The number of pyridine rings is 1. The van der Waals surface area contributed by atoms with Gasteiger partial charge in [0, 0.05) is 6.20 Å². The van der Waals surface area contributed by atoms with E-state index < -0.39 is 22.7 Å². The summed E-state index contributed by atoms with van der Waals surface area (Å²) in [5, 5.41) is 0. The van der Waals surface area contributed by atoms with Gasteiger partial charge >= 0.3 is 22.7 Å². The van der Waals surface area contributed by atoms with Crippen molar-refractivity contribution in [1.29, 1.82) is 0 Å². The van der Waals surface area contributed by atoms with Crippen molar-refractivity contribution in [3.05, 3.63) is 36.7 Å². The molecule has 0 unspecified atom stereocenters. The Morgan fingerprint density at radius 3 is 2.13 bits per heavy atom. The Morgan fingerprint density at radius 2 is 1.93 bits per heavy atom. The van der Waals surface area contributed by atoms with Gasteiger partial charge in [0.05, 0.1) is 5.69 Å². The second-order valence-corrected chi connectivity index (χ2v) is 3.37. The van der Waals surface area contributed by atoms with Crippen LogP contribution in [0.1, 0.15) is 5.69 Å². The normalized spacial score (nSPS) is 13.2. The summed E-state index contributed by atoms with van der Waals surface area (Å²) in [5.74, 6) is 0. The summed E-state index contributed by atoms with van der Waals surface area (Å²) < 4.78 is 37.2. The van der Waals surface area contributed by atoms with E-state index in [0.29, 0.717) is 0 Å². The van der Waals surface area contributed by atoms with Crippen LogP contribution in [0.25, 0.3) is 6.08 Å². The number of nitrogens with zero attached hydrogens (tertiary/aromatic N) is 1. The minimum atomic E-state index is -2.65. The molecule has 0 bridgehead atoms. The maximum atomic E-state index is 9.35. The van der Waals surface area contributed by atoms with Crippen LogP contribution in [-0.2, 0) is 26.4 Å². The molecule has 1 heterocycles. The molecule has 0 aliphatic heterocycles. The SMILES string of the molecule is C=Cc1ccccn1.O=S(O)OS(=O)O. The van der Waals surface area contributed by atoms with Gasteiger partial charge in [0.25, 0.3) is 0 Å².